The minimum atomic E-state index is -0.806. The molecule has 3 aromatic rings. The summed E-state index contributed by atoms with van der Waals surface area (Å²) in [5, 5.41) is 11.7. The highest BCUT2D eigenvalue weighted by atomic mass is 19.1. The molecule has 0 atom stereocenters. The Morgan fingerprint density at radius 3 is 2.76 bits per heavy atom. The molecule has 0 bridgehead atoms. The topological polar surface area (TPSA) is 94.8 Å². The standard InChI is InChI=1S/C20H21FN6O2/c1-27-11-15(19(28)29-2)24-18(27)14-6-7-17(26-25-14)23-12-20(9-13(21)10-20)16-5-3-4-8-22-16/h3-8,11,13H,9-10,12H2,1-2H3,(H,23,26). The van der Waals surface area contributed by atoms with Crippen LogP contribution in [0.1, 0.15) is 29.0 Å². The van der Waals surface area contributed by atoms with E-state index in [-0.39, 0.29) is 11.1 Å². The molecule has 0 radical (unpaired) electrons. The summed E-state index contributed by atoms with van der Waals surface area (Å²) in [5.41, 5.74) is 1.28. The van der Waals surface area contributed by atoms with Gasteiger partial charge < -0.3 is 14.6 Å². The van der Waals surface area contributed by atoms with Crippen LogP contribution in [0.5, 0.6) is 0 Å². The number of nitrogens with zero attached hydrogens (tertiary/aromatic N) is 5. The Morgan fingerprint density at radius 2 is 2.14 bits per heavy atom. The molecule has 0 amide bonds. The lowest BCUT2D eigenvalue weighted by atomic mass is 9.65. The predicted molar refractivity (Wildman–Crippen MR) is 104 cm³/mol. The van der Waals surface area contributed by atoms with Gasteiger partial charge in [-0.25, -0.2) is 14.2 Å². The van der Waals surface area contributed by atoms with Crippen LogP contribution in [0.15, 0.2) is 42.7 Å². The molecule has 1 aliphatic rings. The normalized spacial score (nSPS) is 20.7. The lowest BCUT2D eigenvalue weighted by Crippen LogP contribution is -2.48. The molecule has 0 spiro atoms. The quantitative estimate of drug-likeness (QED) is 0.640. The summed E-state index contributed by atoms with van der Waals surface area (Å²) in [4.78, 5) is 20.3. The average molecular weight is 396 g/mol. The Labute approximate surface area is 167 Å². The predicted octanol–water partition coefficient (Wildman–Crippen LogP) is 2.54. The van der Waals surface area contributed by atoms with Crippen molar-refractivity contribution < 1.29 is 13.9 Å². The number of methoxy groups -OCH3 is 1. The van der Waals surface area contributed by atoms with Crippen LogP contribution in [0.25, 0.3) is 11.5 Å². The van der Waals surface area contributed by atoms with E-state index in [1.165, 1.54) is 7.11 Å². The summed E-state index contributed by atoms with van der Waals surface area (Å²) in [6.45, 7) is 0.521. The highest BCUT2D eigenvalue weighted by Gasteiger charge is 2.47. The molecule has 0 unspecified atom stereocenters. The zero-order chi connectivity index (χ0) is 20.4. The number of anilines is 1. The lowest BCUT2D eigenvalue weighted by Gasteiger charge is -2.43. The largest absolute Gasteiger partial charge is 0.464 e. The molecule has 4 rings (SSSR count). The first-order chi connectivity index (χ1) is 14.0. The molecule has 1 aliphatic carbocycles. The molecule has 0 saturated heterocycles. The Balaban J connectivity index is 1.48. The van der Waals surface area contributed by atoms with E-state index in [0.717, 1.165) is 5.69 Å². The van der Waals surface area contributed by atoms with Crippen LogP contribution in [0, 0.1) is 0 Å². The van der Waals surface area contributed by atoms with Crippen molar-refractivity contribution in [2.45, 2.75) is 24.4 Å². The smallest absolute Gasteiger partial charge is 0.358 e. The maximum atomic E-state index is 13.7. The van der Waals surface area contributed by atoms with Crippen molar-refractivity contribution in [3.8, 4) is 11.5 Å². The molecular formula is C20H21FN6O2. The molecule has 150 valence electrons. The van der Waals surface area contributed by atoms with Gasteiger partial charge in [-0.05, 0) is 37.1 Å². The summed E-state index contributed by atoms with van der Waals surface area (Å²) in [5.74, 6) is 0.576. The third kappa shape index (κ3) is 3.67. The SMILES string of the molecule is COC(=O)c1cn(C)c(-c2ccc(NCC3(c4ccccn4)CC(F)C3)nn2)n1. The Bertz CT molecular complexity index is 1000. The fourth-order valence-corrected chi connectivity index (χ4v) is 3.62. The number of hydrogen-bond donors (Lipinski definition) is 1. The van der Waals surface area contributed by atoms with Crippen molar-refractivity contribution in [1.29, 1.82) is 0 Å². The van der Waals surface area contributed by atoms with Gasteiger partial charge in [-0.1, -0.05) is 6.07 Å². The van der Waals surface area contributed by atoms with Gasteiger partial charge in [0.05, 0.1) is 7.11 Å². The highest BCUT2D eigenvalue weighted by molar-refractivity contribution is 5.87. The second-order valence-electron chi connectivity index (χ2n) is 7.21. The highest BCUT2D eigenvalue weighted by Crippen LogP contribution is 2.44. The van der Waals surface area contributed by atoms with Crippen LogP contribution >= 0.6 is 0 Å². The van der Waals surface area contributed by atoms with Crippen molar-refractivity contribution in [3.63, 3.8) is 0 Å². The van der Waals surface area contributed by atoms with E-state index < -0.39 is 12.1 Å². The lowest BCUT2D eigenvalue weighted by molar-refractivity contribution is 0.0594. The van der Waals surface area contributed by atoms with E-state index in [2.05, 4.69) is 25.5 Å². The first-order valence-electron chi connectivity index (χ1n) is 9.26. The van der Waals surface area contributed by atoms with E-state index in [1.54, 1.807) is 36.1 Å². The summed E-state index contributed by atoms with van der Waals surface area (Å²) in [6.07, 6.45) is 3.38. The Morgan fingerprint density at radius 1 is 1.31 bits per heavy atom. The van der Waals surface area contributed by atoms with Gasteiger partial charge in [-0.15, -0.1) is 10.2 Å². The van der Waals surface area contributed by atoms with Gasteiger partial charge in [0.15, 0.2) is 11.5 Å². The molecule has 0 aliphatic heterocycles. The van der Waals surface area contributed by atoms with Crippen LogP contribution in [-0.2, 0) is 17.2 Å². The zero-order valence-corrected chi connectivity index (χ0v) is 16.2. The number of carbonyl (C=O) groups is 1. The number of esters is 1. The van der Waals surface area contributed by atoms with Gasteiger partial charge in [0.1, 0.15) is 17.7 Å². The first-order valence-corrected chi connectivity index (χ1v) is 9.26. The molecule has 0 aromatic carbocycles. The summed E-state index contributed by atoms with van der Waals surface area (Å²) < 4.78 is 20.0. The first kappa shape index (κ1) is 19.0. The number of nitrogens with one attached hydrogen (secondary N) is 1. The minimum Gasteiger partial charge on any atom is -0.464 e. The van der Waals surface area contributed by atoms with Gasteiger partial charge in [0.2, 0.25) is 0 Å². The second kappa shape index (κ2) is 7.57. The van der Waals surface area contributed by atoms with Gasteiger partial charge in [-0.3, -0.25) is 4.98 Å². The Hall–Kier alpha value is -3.36. The number of imidazole rings is 1. The summed E-state index contributed by atoms with van der Waals surface area (Å²) >= 11 is 0. The van der Waals surface area contributed by atoms with Crippen LogP contribution in [0.3, 0.4) is 0 Å². The summed E-state index contributed by atoms with van der Waals surface area (Å²) in [7, 11) is 3.07. The maximum Gasteiger partial charge on any atom is 0.358 e. The number of aryl methyl sites for hydroxylation is 1. The molecule has 1 fully saturated rings. The fourth-order valence-electron chi connectivity index (χ4n) is 3.62. The third-order valence-electron chi connectivity index (χ3n) is 5.21. The molecule has 1 N–H and O–H groups in total. The van der Waals surface area contributed by atoms with Gasteiger partial charge >= 0.3 is 5.97 Å². The number of aromatic nitrogens is 5. The third-order valence-corrected chi connectivity index (χ3v) is 5.21. The maximum absolute atomic E-state index is 13.7. The number of hydrogen-bond acceptors (Lipinski definition) is 7. The number of rotatable bonds is 6. The number of alkyl halides is 1. The van der Waals surface area contributed by atoms with Gasteiger partial charge in [0, 0.05) is 37.1 Å². The van der Waals surface area contributed by atoms with Crippen LogP contribution in [0.2, 0.25) is 0 Å². The Kier molecular flexibility index (Phi) is 4.96. The van der Waals surface area contributed by atoms with Crippen LogP contribution in [0.4, 0.5) is 10.2 Å². The van der Waals surface area contributed by atoms with E-state index in [0.29, 0.717) is 36.7 Å². The van der Waals surface area contributed by atoms with E-state index in [1.807, 2.05) is 18.2 Å². The average Bonchev–Trinajstić information content (AvgIpc) is 3.12. The summed E-state index contributed by atoms with van der Waals surface area (Å²) in [6, 6.07) is 9.25. The van der Waals surface area contributed by atoms with Crippen molar-refractivity contribution in [2.75, 3.05) is 19.0 Å². The molecule has 29 heavy (non-hydrogen) atoms. The van der Waals surface area contributed by atoms with Crippen molar-refractivity contribution in [1.82, 2.24) is 24.7 Å². The zero-order valence-electron chi connectivity index (χ0n) is 16.2. The number of ether oxygens (including phenoxy) is 1. The van der Waals surface area contributed by atoms with Crippen molar-refractivity contribution in [3.05, 3.63) is 54.1 Å². The van der Waals surface area contributed by atoms with Crippen LogP contribution < -0.4 is 5.32 Å². The van der Waals surface area contributed by atoms with Gasteiger partial charge in [-0.2, -0.15) is 0 Å². The molecule has 8 nitrogen and oxygen atoms in total. The number of halogens is 1. The van der Waals surface area contributed by atoms with Crippen molar-refractivity contribution >= 4 is 11.8 Å². The second-order valence-corrected chi connectivity index (χ2v) is 7.21. The van der Waals surface area contributed by atoms with E-state index >= 15 is 0 Å². The fraction of sp³-hybridized carbons (Fsp3) is 0.350. The molecule has 3 aromatic heterocycles. The number of pyridine rings is 1. The molecule has 1 saturated carbocycles. The van der Waals surface area contributed by atoms with E-state index in [9.17, 15) is 9.18 Å². The minimum absolute atomic E-state index is 0.206. The van der Waals surface area contributed by atoms with Crippen LogP contribution in [-0.4, -0.2) is 50.5 Å². The molecular weight excluding hydrogens is 375 g/mol. The number of carbonyl (C=O) groups excluding carboxylic acids is 1. The van der Waals surface area contributed by atoms with Gasteiger partial charge in [0.25, 0.3) is 0 Å². The van der Waals surface area contributed by atoms with E-state index in [4.69, 9.17) is 4.74 Å². The monoisotopic (exact) mass is 396 g/mol. The molecule has 9 heteroatoms. The van der Waals surface area contributed by atoms with Crippen molar-refractivity contribution in [2.24, 2.45) is 7.05 Å². The molecule has 3 heterocycles.